The summed E-state index contributed by atoms with van der Waals surface area (Å²) in [7, 11) is 1.68. The molecule has 0 aliphatic carbocycles. The van der Waals surface area contributed by atoms with E-state index < -0.39 is 0 Å². The molecule has 2 aromatic rings. The fraction of sp³-hybridized carbons (Fsp3) is 0.400. The van der Waals surface area contributed by atoms with E-state index in [1.165, 1.54) is 4.88 Å². The van der Waals surface area contributed by atoms with Crippen molar-refractivity contribution in [2.45, 2.75) is 13.0 Å². The molecule has 0 aliphatic rings. The largest absolute Gasteiger partial charge is 0.383 e. The fourth-order valence-electron chi connectivity index (χ4n) is 1.47. The Balaban J connectivity index is 2.17. The van der Waals surface area contributed by atoms with E-state index in [1.54, 1.807) is 18.4 Å². The molecule has 0 fully saturated rings. The number of H-pyrrole nitrogens is 1. The number of nitrogens with zero attached hydrogens (tertiary/aromatic N) is 2. The van der Waals surface area contributed by atoms with Gasteiger partial charge < -0.3 is 9.30 Å². The summed E-state index contributed by atoms with van der Waals surface area (Å²) in [6.07, 6.45) is 0.814. The van der Waals surface area contributed by atoms with Gasteiger partial charge in [0.2, 0.25) is 0 Å². The summed E-state index contributed by atoms with van der Waals surface area (Å²) >= 11 is 6.90. The Bertz CT molecular complexity index is 486. The van der Waals surface area contributed by atoms with E-state index >= 15 is 0 Å². The summed E-state index contributed by atoms with van der Waals surface area (Å²) in [5.74, 6) is 0.963. The minimum absolute atomic E-state index is 0.644. The first-order valence-electron chi connectivity index (χ1n) is 4.96. The van der Waals surface area contributed by atoms with Gasteiger partial charge in [-0.1, -0.05) is 6.07 Å². The predicted octanol–water partition coefficient (Wildman–Crippen LogP) is 2.24. The zero-order chi connectivity index (χ0) is 11.4. The minimum Gasteiger partial charge on any atom is -0.383 e. The van der Waals surface area contributed by atoms with Crippen molar-refractivity contribution >= 4 is 23.6 Å². The number of rotatable bonds is 5. The molecule has 0 atom stereocenters. The molecule has 0 spiro atoms. The fourth-order valence-corrected chi connectivity index (χ4v) is 2.41. The van der Waals surface area contributed by atoms with E-state index in [2.05, 4.69) is 21.6 Å². The summed E-state index contributed by atoms with van der Waals surface area (Å²) in [6, 6.07) is 4.14. The maximum atomic E-state index is 5.17. The summed E-state index contributed by atoms with van der Waals surface area (Å²) in [5.41, 5.74) is 0. The van der Waals surface area contributed by atoms with Gasteiger partial charge in [-0.2, -0.15) is 5.10 Å². The molecule has 6 heteroatoms. The van der Waals surface area contributed by atoms with Gasteiger partial charge in [0.15, 0.2) is 4.77 Å². The lowest BCUT2D eigenvalue weighted by Gasteiger charge is -2.04. The highest BCUT2D eigenvalue weighted by molar-refractivity contribution is 7.71. The normalized spacial score (nSPS) is 10.8. The molecule has 1 N–H and O–H groups in total. The van der Waals surface area contributed by atoms with Crippen molar-refractivity contribution < 1.29 is 4.74 Å². The standard InChI is InChI=1S/C10H13N3OS2/c1-14-5-4-13-9(11-12-10(13)15)7-8-3-2-6-16-8/h2-3,6H,4-5,7H2,1H3,(H,12,15). The van der Waals surface area contributed by atoms with Crippen molar-refractivity contribution in [3.05, 3.63) is 33.0 Å². The Labute approximate surface area is 103 Å². The average molecular weight is 255 g/mol. The number of hydrogen-bond donors (Lipinski definition) is 1. The molecule has 0 amide bonds. The molecule has 2 heterocycles. The summed E-state index contributed by atoms with van der Waals surface area (Å²) < 4.78 is 7.69. The van der Waals surface area contributed by atoms with Crippen LogP contribution in [0.25, 0.3) is 0 Å². The highest BCUT2D eigenvalue weighted by atomic mass is 32.1. The van der Waals surface area contributed by atoms with Gasteiger partial charge in [-0.05, 0) is 23.7 Å². The first-order valence-corrected chi connectivity index (χ1v) is 6.25. The molecule has 16 heavy (non-hydrogen) atoms. The molecule has 2 aromatic heterocycles. The summed E-state index contributed by atoms with van der Waals surface area (Å²) in [6.45, 7) is 1.39. The Morgan fingerprint density at radius 2 is 2.50 bits per heavy atom. The molecular weight excluding hydrogens is 242 g/mol. The third-order valence-corrected chi connectivity index (χ3v) is 3.46. The second-order valence-electron chi connectivity index (χ2n) is 3.35. The van der Waals surface area contributed by atoms with Crippen molar-refractivity contribution in [3.63, 3.8) is 0 Å². The van der Waals surface area contributed by atoms with Crippen molar-refractivity contribution in [3.8, 4) is 0 Å². The topological polar surface area (TPSA) is 42.8 Å². The Kier molecular flexibility index (Phi) is 3.87. The Hall–Kier alpha value is -0.980. The number of hydrogen-bond acceptors (Lipinski definition) is 4. The van der Waals surface area contributed by atoms with E-state index in [9.17, 15) is 0 Å². The van der Waals surface area contributed by atoms with Gasteiger partial charge in [0.25, 0.3) is 0 Å². The maximum absolute atomic E-state index is 5.17. The molecule has 2 rings (SSSR count). The van der Waals surface area contributed by atoms with Crippen molar-refractivity contribution in [2.24, 2.45) is 0 Å². The lowest BCUT2D eigenvalue weighted by atomic mass is 10.3. The van der Waals surface area contributed by atoms with Gasteiger partial charge >= 0.3 is 0 Å². The van der Waals surface area contributed by atoms with Crippen LogP contribution in [-0.4, -0.2) is 28.5 Å². The second-order valence-corrected chi connectivity index (χ2v) is 4.76. The predicted molar refractivity (Wildman–Crippen MR) is 66.4 cm³/mol. The van der Waals surface area contributed by atoms with Crippen LogP contribution in [0.2, 0.25) is 0 Å². The third kappa shape index (κ3) is 2.58. The lowest BCUT2D eigenvalue weighted by molar-refractivity contribution is 0.186. The molecule has 86 valence electrons. The monoisotopic (exact) mass is 255 g/mol. The average Bonchev–Trinajstić information content (AvgIpc) is 2.88. The maximum Gasteiger partial charge on any atom is 0.195 e. The van der Waals surface area contributed by atoms with Gasteiger partial charge in [0.05, 0.1) is 6.61 Å². The number of aromatic amines is 1. The SMILES string of the molecule is COCCn1c(Cc2cccs2)n[nH]c1=S. The zero-order valence-corrected chi connectivity index (χ0v) is 10.6. The summed E-state index contributed by atoms with van der Waals surface area (Å²) in [4.78, 5) is 1.28. The number of aromatic nitrogens is 3. The second kappa shape index (κ2) is 5.38. The van der Waals surface area contributed by atoms with Gasteiger partial charge in [-0.15, -0.1) is 11.3 Å². The Morgan fingerprint density at radius 3 is 3.19 bits per heavy atom. The summed E-state index contributed by atoms with van der Waals surface area (Å²) in [5, 5.41) is 9.13. The number of methoxy groups -OCH3 is 1. The molecule has 4 nitrogen and oxygen atoms in total. The van der Waals surface area contributed by atoms with Crippen molar-refractivity contribution in [1.29, 1.82) is 0 Å². The van der Waals surface area contributed by atoms with Crippen LogP contribution in [0.4, 0.5) is 0 Å². The Morgan fingerprint density at radius 1 is 1.62 bits per heavy atom. The van der Waals surface area contributed by atoms with Crippen LogP contribution in [0.5, 0.6) is 0 Å². The molecule has 0 unspecified atom stereocenters. The van der Waals surface area contributed by atoms with Crippen LogP contribution >= 0.6 is 23.6 Å². The number of nitrogens with one attached hydrogen (secondary N) is 1. The smallest absolute Gasteiger partial charge is 0.195 e. The lowest BCUT2D eigenvalue weighted by Crippen LogP contribution is -2.08. The van der Waals surface area contributed by atoms with Gasteiger partial charge in [-0.3, -0.25) is 5.10 Å². The van der Waals surface area contributed by atoms with Crippen LogP contribution in [0.15, 0.2) is 17.5 Å². The molecular formula is C10H13N3OS2. The van der Waals surface area contributed by atoms with Crippen molar-refractivity contribution in [1.82, 2.24) is 14.8 Å². The zero-order valence-electron chi connectivity index (χ0n) is 8.97. The molecule has 0 aliphatic heterocycles. The number of thiophene rings is 1. The molecule has 0 saturated carbocycles. The van der Waals surface area contributed by atoms with Gasteiger partial charge in [0, 0.05) is 25.0 Å². The first-order chi connectivity index (χ1) is 7.81. The molecule has 0 bridgehead atoms. The third-order valence-electron chi connectivity index (χ3n) is 2.27. The molecule has 0 radical (unpaired) electrons. The highest BCUT2D eigenvalue weighted by Crippen LogP contribution is 2.13. The van der Waals surface area contributed by atoms with E-state index in [4.69, 9.17) is 17.0 Å². The van der Waals surface area contributed by atoms with Crippen LogP contribution in [-0.2, 0) is 17.7 Å². The van der Waals surface area contributed by atoms with E-state index in [-0.39, 0.29) is 0 Å². The van der Waals surface area contributed by atoms with Crippen molar-refractivity contribution in [2.75, 3.05) is 13.7 Å². The first kappa shape index (κ1) is 11.5. The van der Waals surface area contributed by atoms with Crippen LogP contribution in [0.1, 0.15) is 10.7 Å². The van der Waals surface area contributed by atoms with Crippen LogP contribution < -0.4 is 0 Å². The quantitative estimate of drug-likeness (QED) is 0.833. The molecule has 0 saturated heterocycles. The highest BCUT2D eigenvalue weighted by Gasteiger charge is 2.07. The number of ether oxygens (including phenoxy) is 1. The van der Waals surface area contributed by atoms with E-state index in [0.717, 1.165) is 18.8 Å². The van der Waals surface area contributed by atoms with Gasteiger partial charge in [-0.25, -0.2) is 0 Å². The minimum atomic E-state index is 0.644. The van der Waals surface area contributed by atoms with Gasteiger partial charge in [0.1, 0.15) is 5.82 Å². The van der Waals surface area contributed by atoms with Crippen LogP contribution in [0.3, 0.4) is 0 Å². The molecule has 0 aromatic carbocycles. The van der Waals surface area contributed by atoms with E-state index in [1.807, 2.05) is 10.6 Å². The van der Waals surface area contributed by atoms with Crippen LogP contribution in [0, 0.1) is 4.77 Å². The van der Waals surface area contributed by atoms with E-state index in [0.29, 0.717) is 11.4 Å².